The van der Waals surface area contributed by atoms with Crippen molar-refractivity contribution in [3.63, 3.8) is 0 Å². The molecule has 0 aliphatic heterocycles. The second-order valence-electron chi connectivity index (χ2n) is 7.08. The molecule has 0 saturated heterocycles. The van der Waals surface area contributed by atoms with Gasteiger partial charge in [0.25, 0.3) is 5.91 Å². The number of alkyl carbamates (subject to hydrolysis) is 1. The Bertz CT molecular complexity index is 910. The van der Waals surface area contributed by atoms with Gasteiger partial charge >= 0.3 is 12.3 Å². The molecular formula is C18H20F4N4O3S. The Balaban J connectivity index is 2.06. The molecule has 0 fully saturated rings. The molecule has 0 saturated carbocycles. The molecule has 0 unspecified atom stereocenters. The van der Waals surface area contributed by atoms with Gasteiger partial charge in [0.15, 0.2) is 5.69 Å². The zero-order chi connectivity index (χ0) is 22.5. The molecule has 0 aliphatic rings. The minimum Gasteiger partial charge on any atom is -0.444 e. The van der Waals surface area contributed by atoms with Crippen LogP contribution in [0.2, 0.25) is 0 Å². The normalized spacial score (nSPS) is 11.8. The van der Waals surface area contributed by atoms with E-state index in [9.17, 15) is 27.2 Å². The zero-order valence-corrected chi connectivity index (χ0v) is 17.2. The van der Waals surface area contributed by atoms with Crippen molar-refractivity contribution in [2.45, 2.75) is 45.5 Å². The van der Waals surface area contributed by atoms with Crippen LogP contribution in [0.5, 0.6) is 0 Å². The summed E-state index contributed by atoms with van der Waals surface area (Å²) >= 11 is 0.306. The van der Waals surface area contributed by atoms with Crippen molar-refractivity contribution >= 4 is 23.3 Å². The second kappa shape index (κ2) is 9.37. The van der Waals surface area contributed by atoms with Crippen molar-refractivity contribution < 1.29 is 31.9 Å². The monoisotopic (exact) mass is 448 g/mol. The fourth-order valence-corrected chi connectivity index (χ4v) is 3.13. The number of alkyl halides is 3. The molecule has 12 heteroatoms. The summed E-state index contributed by atoms with van der Waals surface area (Å²) in [5, 5.41) is 4.61. The number of nitrogens with one attached hydrogen (secondary N) is 2. The van der Waals surface area contributed by atoms with Gasteiger partial charge < -0.3 is 15.4 Å². The molecule has 2 aromatic rings. The fraction of sp³-hybridized carbons (Fsp3) is 0.444. The highest BCUT2D eigenvalue weighted by atomic mass is 32.1. The SMILES string of the molecule is CC(C)(C)OC(=O)NCCc1nc(C(=O)NCc2ncccc2F)c(C(F)(F)F)s1. The smallest absolute Gasteiger partial charge is 0.427 e. The Morgan fingerprint density at radius 3 is 2.50 bits per heavy atom. The van der Waals surface area contributed by atoms with Crippen LogP contribution in [0.15, 0.2) is 18.3 Å². The number of pyridine rings is 1. The fourth-order valence-electron chi connectivity index (χ4n) is 2.20. The first-order valence-electron chi connectivity index (χ1n) is 8.78. The highest BCUT2D eigenvalue weighted by molar-refractivity contribution is 7.12. The Kier molecular flexibility index (Phi) is 7.34. The number of carbonyl (C=O) groups excluding carboxylic acids is 2. The summed E-state index contributed by atoms with van der Waals surface area (Å²) in [5.74, 6) is -1.80. The molecule has 0 aromatic carbocycles. The first kappa shape index (κ1) is 23.5. The van der Waals surface area contributed by atoms with E-state index < -0.39 is 46.7 Å². The molecule has 0 spiro atoms. The number of rotatable bonds is 6. The molecule has 2 heterocycles. The number of hydrogen-bond acceptors (Lipinski definition) is 6. The van der Waals surface area contributed by atoms with E-state index in [4.69, 9.17) is 4.74 Å². The van der Waals surface area contributed by atoms with E-state index >= 15 is 0 Å². The lowest BCUT2D eigenvalue weighted by atomic mass is 10.2. The van der Waals surface area contributed by atoms with Crippen LogP contribution in [0.3, 0.4) is 0 Å². The summed E-state index contributed by atoms with van der Waals surface area (Å²) in [6.45, 7) is 4.59. The van der Waals surface area contributed by atoms with Crippen LogP contribution in [0.1, 0.15) is 46.8 Å². The number of hydrogen-bond donors (Lipinski definition) is 2. The van der Waals surface area contributed by atoms with Gasteiger partial charge in [0.2, 0.25) is 0 Å². The van der Waals surface area contributed by atoms with Crippen molar-refractivity contribution in [3.8, 4) is 0 Å². The summed E-state index contributed by atoms with van der Waals surface area (Å²) in [7, 11) is 0. The second-order valence-corrected chi connectivity index (χ2v) is 8.16. The molecule has 0 atom stereocenters. The van der Waals surface area contributed by atoms with Crippen LogP contribution in [-0.2, 0) is 23.9 Å². The third-order valence-corrected chi connectivity index (χ3v) is 4.56. The summed E-state index contributed by atoms with van der Waals surface area (Å²) in [6.07, 6.45) is -4.25. The maximum absolute atomic E-state index is 13.6. The lowest BCUT2D eigenvalue weighted by Gasteiger charge is -2.19. The van der Waals surface area contributed by atoms with Crippen LogP contribution in [0.4, 0.5) is 22.4 Å². The number of ether oxygens (including phenoxy) is 1. The molecule has 2 aromatic heterocycles. The molecule has 0 radical (unpaired) electrons. The lowest BCUT2D eigenvalue weighted by Crippen LogP contribution is -2.33. The first-order chi connectivity index (χ1) is 13.9. The van der Waals surface area contributed by atoms with Crippen LogP contribution < -0.4 is 10.6 Å². The van der Waals surface area contributed by atoms with Gasteiger partial charge in [-0.05, 0) is 32.9 Å². The average molecular weight is 448 g/mol. The minimum absolute atomic E-state index is 0.00699. The van der Waals surface area contributed by atoms with Gasteiger partial charge in [-0.3, -0.25) is 9.78 Å². The van der Waals surface area contributed by atoms with Crippen molar-refractivity contribution in [3.05, 3.63) is 45.4 Å². The van der Waals surface area contributed by atoms with E-state index in [2.05, 4.69) is 20.6 Å². The van der Waals surface area contributed by atoms with E-state index in [-0.39, 0.29) is 23.7 Å². The maximum Gasteiger partial charge on any atom is 0.427 e. The lowest BCUT2D eigenvalue weighted by molar-refractivity contribution is -0.134. The van der Waals surface area contributed by atoms with Gasteiger partial charge in [0.05, 0.1) is 17.2 Å². The molecule has 7 nitrogen and oxygen atoms in total. The molecular weight excluding hydrogens is 428 g/mol. The van der Waals surface area contributed by atoms with Gasteiger partial charge in [0, 0.05) is 19.2 Å². The van der Waals surface area contributed by atoms with Crippen LogP contribution in [-0.4, -0.2) is 34.1 Å². The van der Waals surface area contributed by atoms with Gasteiger partial charge in [-0.15, -0.1) is 11.3 Å². The Morgan fingerprint density at radius 1 is 1.20 bits per heavy atom. The number of carbonyl (C=O) groups is 2. The number of aromatic nitrogens is 2. The number of thiazole rings is 1. The average Bonchev–Trinajstić information content (AvgIpc) is 3.04. The molecule has 164 valence electrons. The predicted octanol–water partition coefficient (Wildman–Crippen LogP) is 3.69. The summed E-state index contributed by atoms with van der Waals surface area (Å²) < 4.78 is 58.5. The first-order valence-corrected chi connectivity index (χ1v) is 9.60. The molecule has 2 N–H and O–H groups in total. The van der Waals surface area contributed by atoms with Crippen molar-refractivity contribution in [2.75, 3.05) is 6.54 Å². The highest BCUT2D eigenvalue weighted by Gasteiger charge is 2.39. The standard InChI is InChI=1S/C18H20F4N4O3S/c1-17(2,3)29-16(28)24-8-6-12-26-13(14(30-12)18(20,21)22)15(27)25-9-11-10(19)5-4-7-23-11/h4-5,7H,6,8-9H2,1-3H3,(H,24,28)(H,25,27). The third-order valence-electron chi connectivity index (χ3n) is 3.40. The van der Waals surface area contributed by atoms with E-state index in [1.165, 1.54) is 12.3 Å². The summed E-state index contributed by atoms with van der Waals surface area (Å²) in [6, 6.07) is 2.47. The predicted molar refractivity (Wildman–Crippen MR) is 100 cm³/mol. The van der Waals surface area contributed by atoms with Crippen molar-refractivity contribution in [1.82, 2.24) is 20.6 Å². The van der Waals surface area contributed by atoms with Gasteiger partial charge in [-0.1, -0.05) is 0 Å². The van der Waals surface area contributed by atoms with E-state index in [1.54, 1.807) is 20.8 Å². The molecule has 30 heavy (non-hydrogen) atoms. The van der Waals surface area contributed by atoms with Crippen LogP contribution in [0.25, 0.3) is 0 Å². The Labute approximate surface area is 173 Å². The topological polar surface area (TPSA) is 93.2 Å². The Morgan fingerprint density at radius 2 is 1.90 bits per heavy atom. The quantitative estimate of drug-likeness (QED) is 0.658. The van der Waals surface area contributed by atoms with E-state index in [0.29, 0.717) is 11.3 Å². The summed E-state index contributed by atoms with van der Waals surface area (Å²) in [4.78, 5) is 30.2. The highest BCUT2D eigenvalue weighted by Crippen LogP contribution is 2.36. The van der Waals surface area contributed by atoms with Crippen LogP contribution >= 0.6 is 11.3 Å². The van der Waals surface area contributed by atoms with Gasteiger partial charge in [-0.25, -0.2) is 14.2 Å². The largest absolute Gasteiger partial charge is 0.444 e. The Hall–Kier alpha value is -2.76. The van der Waals surface area contributed by atoms with Crippen molar-refractivity contribution in [2.24, 2.45) is 0 Å². The molecule has 2 rings (SSSR count). The molecule has 0 bridgehead atoms. The van der Waals surface area contributed by atoms with E-state index in [0.717, 1.165) is 6.07 Å². The molecule has 0 aliphatic carbocycles. The maximum atomic E-state index is 13.6. The molecule has 2 amide bonds. The van der Waals surface area contributed by atoms with E-state index in [1.807, 2.05) is 0 Å². The number of halogens is 4. The van der Waals surface area contributed by atoms with Crippen molar-refractivity contribution in [1.29, 1.82) is 0 Å². The summed E-state index contributed by atoms with van der Waals surface area (Å²) in [5.41, 5.74) is -1.64. The zero-order valence-electron chi connectivity index (χ0n) is 16.4. The number of nitrogens with zero attached hydrogens (tertiary/aromatic N) is 2. The third kappa shape index (κ3) is 6.94. The van der Waals surface area contributed by atoms with Crippen LogP contribution in [0, 0.1) is 5.82 Å². The minimum atomic E-state index is -4.79. The van der Waals surface area contributed by atoms with Gasteiger partial charge in [-0.2, -0.15) is 13.2 Å². The number of amides is 2. The van der Waals surface area contributed by atoms with Gasteiger partial charge in [0.1, 0.15) is 16.3 Å².